The molecule has 0 bridgehead atoms. The van der Waals surface area contributed by atoms with Gasteiger partial charge in [0.15, 0.2) is 0 Å². The van der Waals surface area contributed by atoms with E-state index in [0.29, 0.717) is 41.9 Å². The van der Waals surface area contributed by atoms with Crippen LogP contribution < -0.4 is 15.4 Å². The summed E-state index contributed by atoms with van der Waals surface area (Å²) in [6.07, 6.45) is 8.54. The zero-order valence-electron chi connectivity index (χ0n) is 23.2. The highest BCUT2D eigenvalue weighted by atomic mass is 32.2. The van der Waals surface area contributed by atoms with Crippen LogP contribution in [0.3, 0.4) is 0 Å². The Labute approximate surface area is 232 Å². The van der Waals surface area contributed by atoms with E-state index in [9.17, 15) is 16.8 Å². The molecule has 2 aliphatic rings. The van der Waals surface area contributed by atoms with Crippen LogP contribution in [0.2, 0.25) is 0 Å². The van der Waals surface area contributed by atoms with Crippen LogP contribution in [0, 0.1) is 12.8 Å². The summed E-state index contributed by atoms with van der Waals surface area (Å²) >= 11 is 0. The van der Waals surface area contributed by atoms with Crippen LogP contribution >= 0.6 is 0 Å². The van der Waals surface area contributed by atoms with Crippen molar-refractivity contribution in [2.24, 2.45) is 5.92 Å². The Balaban J connectivity index is 1.55. The lowest BCUT2D eigenvalue weighted by Gasteiger charge is -2.28. The lowest BCUT2D eigenvalue weighted by Crippen LogP contribution is -2.40. The summed E-state index contributed by atoms with van der Waals surface area (Å²) < 4.78 is 56.3. The number of aryl methyl sites for hydroxylation is 1. The summed E-state index contributed by atoms with van der Waals surface area (Å²) in [4.78, 5) is 9.45. The van der Waals surface area contributed by atoms with Gasteiger partial charge >= 0.3 is 0 Å². The second kappa shape index (κ2) is 11.4. The zero-order valence-corrected chi connectivity index (χ0v) is 24.8. The third-order valence-corrected chi connectivity index (χ3v) is 10.2. The van der Waals surface area contributed by atoms with Gasteiger partial charge in [-0.1, -0.05) is 25.5 Å². The average Bonchev–Trinajstić information content (AvgIpc) is 2.86. The first-order chi connectivity index (χ1) is 18.2. The van der Waals surface area contributed by atoms with E-state index in [4.69, 9.17) is 0 Å². The van der Waals surface area contributed by atoms with E-state index in [0.717, 1.165) is 30.5 Å². The van der Waals surface area contributed by atoms with E-state index in [-0.39, 0.29) is 10.8 Å². The minimum atomic E-state index is -3.70. The molecule has 1 aromatic heterocycles. The summed E-state index contributed by atoms with van der Waals surface area (Å²) in [7, 11) is -7.25. The Hall–Kier alpha value is -2.80. The Kier molecular flexibility index (Phi) is 8.50. The standard InChI is InChI=1S/C27H38N6O4S2/c1-19-12-13-23(39(36,37)33-14-7-6-8-15-33)17-24(19)30-26-28-18-20(2)25(31-26)29-21-10-9-11-22(16-21)38(34,35)32-27(3,4)5/h9-11,13,16-19,32H,6-8,12,14-15H2,1-5H3,(H2,28,29,30,31). The topological polar surface area (TPSA) is 133 Å². The third kappa shape index (κ3) is 7.24. The lowest BCUT2D eigenvalue weighted by molar-refractivity contribution is 0.349. The molecule has 10 nitrogen and oxygen atoms in total. The van der Waals surface area contributed by atoms with E-state index in [1.54, 1.807) is 67.7 Å². The molecule has 1 saturated heterocycles. The molecular formula is C27H38N6O4S2. The van der Waals surface area contributed by atoms with Gasteiger partial charge in [-0.3, -0.25) is 0 Å². The van der Waals surface area contributed by atoms with Crippen molar-refractivity contribution in [3.63, 3.8) is 0 Å². The van der Waals surface area contributed by atoms with Gasteiger partial charge in [0, 0.05) is 41.8 Å². The molecule has 0 spiro atoms. The number of hydrogen-bond acceptors (Lipinski definition) is 8. The van der Waals surface area contributed by atoms with Crippen molar-refractivity contribution < 1.29 is 16.8 Å². The van der Waals surface area contributed by atoms with Crippen LogP contribution in [-0.2, 0) is 20.0 Å². The third-order valence-electron chi connectivity index (χ3n) is 6.53. The molecule has 1 aliphatic heterocycles. The minimum Gasteiger partial charge on any atom is -0.340 e. The number of nitrogens with zero attached hydrogens (tertiary/aromatic N) is 3. The normalized spacial score (nSPS) is 19.3. The van der Waals surface area contributed by atoms with Gasteiger partial charge in [-0.15, -0.1) is 0 Å². The molecule has 1 atom stereocenters. The van der Waals surface area contributed by atoms with Crippen molar-refractivity contribution in [2.45, 2.75) is 70.7 Å². The summed E-state index contributed by atoms with van der Waals surface area (Å²) in [6, 6.07) is 6.52. The number of piperidine rings is 1. The SMILES string of the molecule is Cc1cnc(NC2=CC(S(=O)(=O)N3CCCCC3)=CCC2C)nc1Nc1cccc(S(=O)(=O)NC(C)(C)C)c1. The van der Waals surface area contributed by atoms with Crippen LogP contribution in [0.5, 0.6) is 0 Å². The van der Waals surface area contributed by atoms with Gasteiger partial charge in [0.2, 0.25) is 26.0 Å². The molecule has 39 heavy (non-hydrogen) atoms. The first-order valence-electron chi connectivity index (χ1n) is 13.2. The smallest absolute Gasteiger partial charge is 0.242 e. The van der Waals surface area contributed by atoms with Crippen molar-refractivity contribution in [1.82, 2.24) is 19.0 Å². The number of anilines is 3. The van der Waals surface area contributed by atoms with Crippen LogP contribution in [0.4, 0.5) is 17.5 Å². The molecule has 0 saturated carbocycles. The number of sulfonamides is 2. The van der Waals surface area contributed by atoms with E-state index in [2.05, 4.69) is 25.3 Å². The van der Waals surface area contributed by atoms with Gasteiger partial charge in [0.25, 0.3) is 0 Å². The molecule has 1 aliphatic carbocycles. The van der Waals surface area contributed by atoms with Gasteiger partial charge in [-0.25, -0.2) is 26.5 Å². The Bertz CT molecular complexity index is 1490. The second-order valence-electron chi connectivity index (χ2n) is 11.2. The van der Waals surface area contributed by atoms with Crippen LogP contribution in [-0.4, -0.2) is 49.7 Å². The Morgan fingerprint density at radius 1 is 1.03 bits per heavy atom. The van der Waals surface area contributed by atoms with E-state index in [1.165, 1.54) is 0 Å². The number of allylic oxidation sites excluding steroid dienone is 3. The predicted octanol–water partition coefficient (Wildman–Crippen LogP) is 4.64. The number of nitrogens with one attached hydrogen (secondary N) is 3. The predicted molar refractivity (Wildman–Crippen MR) is 154 cm³/mol. The molecule has 4 rings (SSSR count). The molecule has 0 radical (unpaired) electrons. The molecule has 1 aromatic carbocycles. The fourth-order valence-electron chi connectivity index (χ4n) is 4.47. The van der Waals surface area contributed by atoms with Crippen molar-refractivity contribution >= 4 is 37.5 Å². The van der Waals surface area contributed by atoms with Crippen LogP contribution in [0.15, 0.2) is 58.1 Å². The monoisotopic (exact) mass is 574 g/mol. The second-order valence-corrected chi connectivity index (χ2v) is 14.8. The summed E-state index contributed by atoms with van der Waals surface area (Å²) in [5.74, 6) is 0.881. The van der Waals surface area contributed by atoms with Crippen molar-refractivity contribution in [3.8, 4) is 0 Å². The van der Waals surface area contributed by atoms with Crippen LogP contribution in [0.25, 0.3) is 0 Å². The Morgan fingerprint density at radius 2 is 1.74 bits per heavy atom. The van der Waals surface area contributed by atoms with Gasteiger partial charge in [0.05, 0.1) is 9.80 Å². The number of aromatic nitrogens is 2. The molecule has 2 heterocycles. The lowest BCUT2D eigenvalue weighted by atomic mass is 9.99. The summed E-state index contributed by atoms with van der Waals surface area (Å²) in [5, 5.41) is 6.42. The fourth-order valence-corrected chi connectivity index (χ4v) is 7.55. The highest BCUT2D eigenvalue weighted by Crippen LogP contribution is 2.30. The van der Waals surface area contributed by atoms with Crippen molar-refractivity contribution in [3.05, 3.63) is 58.8 Å². The first-order valence-corrected chi connectivity index (χ1v) is 16.1. The van der Waals surface area contributed by atoms with E-state index >= 15 is 0 Å². The number of rotatable bonds is 8. The van der Waals surface area contributed by atoms with Crippen molar-refractivity contribution in [1.29, 1.82) is 0 Å². The average molecular weight is 575 g/mol. The van der Waals surface area contributed by atoms with E-state index < -0.39 is 25.6 Å². The summed E-state index contributed by atoms with van der Waals surface area (Å²) in [6.45, 7) is 10.3. The molecule has 2 aromatic rings. The zero-order chi connectivity index (χ0) is 28.4. The molecule has 0 amide bonds. The quantitative estimate of drug-likeness (QED) is 0.415. The molecule has 1 unspecified atom stereocenters. The van der Waals surface area contributed by atoms with E-state index in [1.807, 2.05) is 13.8 Å². The maximum absolute atomic E-state index is 13.2. The molecule has 212 valence electrons. The number of benzene rings is 1. The first kappa shape index (κ1) is 29.2. The molecule has 3 N–H and O–H groups in total. The maximum atomic E-state index is 13.2. The molecule has 12 heteroatoms. The largest absolute Gasteiger partial charge is 0.340 e. The molecular weight excluding hydrogens is 536 g/mol. The fraction of sp³-hybridized carbons (Fsp3) is 0.481. The van der Waals surface area contributed by atoms with Crippen LogP contribution in [0.1, 0.15) is 58.9 Å². The highest BCUT2D eigenvalue weighted by molar-refractivity contribution is 7.93. The maximum Gasteiger partial charge on any atom is 0.242 e. The highest BCUT2D eigenvalue weighted by Gasteiger charge is 2.30. The van der Waals surface area contributed by atoms with Gasteiger partial charge in [-0.2, -0.15) is 9.29 Å². The number of hydrogen-bond donors (Lipinski definition) is 3. The molecule has 1 fully saturated rings. The van der Waals surface area contributed by atoms with Gasteiger partial charge < -0.3 is 10.6 Å². The van der Waals surface area contributed by atoms with Gasteiger partial charge in [-0.05, 0) is 77.2 Å². The van der Waals surface area contributed by atoms with Gasteiger partial charge in [0.1, 0.15) is 5.82 Å². The Morgan fingerprint density at radius 3 is 2.44 bits per heavy atom. The summed E-state index contributed by atoms with van der Waals surface area (Å²) in [5.41, 5.74) is 1.44. The minimum absolute atomic E-state index is 0.0591. The van der Waals surface area contributed by atoms with Crippen molar-refractivity contribution in [2.75, 3.05) is 23.7 Å².